The molecule has 0 aliphatic heterocycles. The van der Waals surface area contributed by atoms with E-state index in [1.165, 1.54) is 5.57 Å². The molecule has 0 atom stereocenters. The standard InChI is InChI=1S/C8H10N/c1-3-7(2)8-5-4-6-9-8/h3-6,9H,1H2,2H3/b7-3-. The van der Waals surface area contributed by atoms with E-state index in [1.807, 2.05) is 31.3 Å². The van der Waals surface area contributed by atoms with Crippen LogP contribution in [0.3, 0.4) is 0 Å². The van der Waals surface area contributed by atoms with Crippen LogP contribution >= 0.6 is 0 Å². The Hall–Kier alpha value is -0.980. The van der Waals surface area contributed by atoms with Crippen molar-refractivity contribution in [3.05, 3.63) is 37.0 Å². The molecular formula is C8H10N. The molecule has 0 fully saturated rings. The van der Waals surface area contributed by atoms with Gasteiger partial charge in [0.05, 0.1) is 0 Å². The van der Waals surface area contributed by atoms with Crippen LogP contribution in [-0.2, 0) is 0 Å². The lowest BCUT2D eigenvalue weighted by atomic mass is 10.2. The van der Waals surface area contributed by atoms with Gasteiger partial charge in [0.1, 0.15) is 0 Å². The van der Waals surface area contributed by atoms with E-state index in [9.17, 15) is 0 Å². The fourth-order valence-corrected chi connectivity index (χ4v) is 0.686. The van der Waals surface area contributed by atoms with Gasteiger partial charge in [-0.15, -0.1) is 0 Å². The molecule has 1 radical (unpaired) electrons. The minimum absolute atomic E-state index is 1.14. The Bertz CT molecular complexity index is 194. The minimum Gasteiger partial charge on any atom is -0.361 e. The first-order chi connectivity index (χ1) is 4.34. The highest BCUT2D eigenvalue weighted by molar-refractivity contribution is 5.60. The highest BCUT2D eigenvalue weighted by atomic mass is 14.7. The van der Waals surface area contributed by atoms with Crippen molar-refractivity contribution in [1.82, 2.24) is 4.98 Å². The quantitative estimate of drug-likeness (QED) is 0.585. The van der Waals surface area contributed by atoms with Crippen LogP contribution in [0.4, 0.5) is 0 Å². The number of nitrogens with one attached hydrogen (secondary N) is 1. The summed E-state index contributed by atoms with van der Waals surface area (Å²) in [5.74, 6) is 0. The van der Waals surface area contributed by atoms with Crippen LogP contribution in [0.25, 0.3) is 5.57 Å². The average molecular weight is 120 g/mol. The zero-order valence-electron chi connectivity index (χ0n) is 5.52. The van der Waals surface area contributed by atoms with Gasteiger partial charge in [0.15, 0.2) is 0 Å². The van der Waals surface area contributed by atoms with Gasteiger partial charge in [-0.1, -0.05) is 6.08 Å². The van der Waals surface area contributed by atoms with Crippen molar-refractivity contribution >= 4 is 5.57 Å². The fourth-order valence-electron chi connectivity index (χ4n) is 0.686. The van der Waals surface area contributed by atoms with Gasteiger partial charge in [0.25, 0.3) is 0 Å². The van der Waals surface area contributed by atoms with Gasteiger partial charge in [0, 0.05) is 11.9 Å². The van der Waals surface area contributed by atoms with Crippen LogP contribution < -0.4 is 0 Å². The molecule has 0 saturated carbocycles. The number of allylic oxidation sites excluding steroid dienone is 2. The number of aromatic amines is 1. The van der Waals surface area contributed by atoms with E-state index in [1.54, 1.807) is 0 Å². The Morgan fingerprint density at radius 3 is 3.00 bits per heavy atom. The van der Waals surface area contributed by atoms with E-state index in [4.69, 9.17) is 0 Å². The molecule has 9 heavy (non-hydrogen) atoms. The molecule has 1 heterocycles. The largest absolute Gasteiger partial charge is 0.361 e. The summed E-state index contributed by atoms with van der Waals surface area (Å²) in [6.45, 7) is 5.69. The Labute approximate surface area is 55.4 Å². The molecule has 0 aromatic carbocycles. The lowest BCUT2D eigenvalue weighted by Crippen LogP contribution is -1.74. The molecule has 0 amide bonds. The first-order valence-electron chi connectivity index (χ1n) is 2.94. The summed E-state index contributed by atoms with van der Waals surface area (Å²) in [6, 6.07) is 4.00. The molecule has 0 saturated heterocycles. The van der Waals surface area contributed by atoms with Crippen LogP contribution in [-0.4, -0.2) is 4.98 Å². The van der Waals surface area contributed by atoms with Crippen molar-refractivity contribution in [2.24, 2.45) is 0 Å². The molecule has 0 spiro atoms. The Morgan fingerprint density at radius 1 is 1.78 bits per heavy atom. The second kappa shape index (κ2) is 2.53. The second-order valence-electron chi connectivity index (χ2n) is 1.97. The molecule has 47 valence electrons. The van der Waals surface area contributed by atoms with Crippen molar-refractivity contribution in [1.29, 1.82) is 0 Å². The topological polar surface area (TPSA) is 15.8 Å². The molecule has 0 bridgehead atoms. The molecule has 1 rings (SSSR count). The molecule has 1 aromatic heterocycles. The van der Waals surface area contributed by atoms with Crippen LogP contribution in [0.5, 0.6) is 0 Å². The monoisotopic (exact) mass is 120 g/mol. The first-order valence-corrected chi connectivity index (χ1v) is 2.94. The Kier molecular flexibility index (Phi) is 1.73. The van der Waals surface area contributed by atoms with Gasteiger partial charge in [-0.2, -0.15) is 0 Å². The molecule has 1 aromatic rings. The lowest BCUT2D eigenvalue weighted by Gasteiger charge is -1.91. The van der Waals surface area contributed by atoms with Gasteiger partial charge >= 0.3 is 0 Å². The Morgan fingerprint density at radius 2 is 2.56 bits per heavy atom. The summed E-state index contributed by atoms with van der Waals surface area (Å²) < 4.78 is 0. The maximum atomic E-state index is 3.66. The third-order valence-corrected chi connectivity index (χ3v) is 1.33. The summed E-state index contributed by atoms with van der Waals surface area (Å²) in [5.41, 5.74) is 2.32. The summed E-state index contributed by atoms with van der Waals surface area (Å²) in [6.07, 6.45) is 3.74. The SMILES string of the molecule is [CH2]/C=C(/C)c1ccc[nH]1. The van der Waals surface area contributed by atoms with Crippen LogP contribution in [0.15, 0.2) is 24.4 Å². The summed E-state index contributed by atoms with van der Waals surface area (Å²) in [4.78, 5) is 3.08. The van der Waals surface area contributed by atoms with E-state index >= 15 is 0 Å². The summed E-state index contributed by atoms with van der Waals surface area (Å²) in [7, 11) is 0. The van der Waals surface area contributed by atoms with Crippen molar-refractivity contribution in [2.45, 2.75) is 6.92 Å². The van der Waals surface area contributed by atoms with E-state index < -0.39 is 0 Å². The van der Waals surface area contributed by atoms with Crippen LogP contribution in [0.1, 0.15) is 12.6 Å². The van der Waals surface area contributed by atoms with Crippen molar-refractivity contribution < 1.29 is 0 Å². The van der Waals surface area contributed by atoms with Crippen LogP contribution in [0.2, 0.25) is 0 Å². The average Bonchev–Trinajstić information content (AvgIpc) is 2.37. The van der Waals surface area contributed by atoms with Gasteiger partial charge in [-0.25, -0.2) is 0 Å². The maximum absolute atomic E-state index is 3.66. The molecule has 1 heteroatoms. The van der Waals surface area contributed by atoms with Crippen molar-refractivity contribution in [3.63, 3.8) is 0 Å². The molecule has 0 aliphatic carbocycles. The highest BCUT2D eigenvalue weighted by Crippen LogP contribution is 2.08. The van der Waals surface area contributed by atoms with Gasteiger partial charge < -0.3 is 4.98 Å². The number of aromatic nitrogens is 1. The van der Waals surface area contributed by atoms with E-state index in [0.717, 1.165) is 5.69 Å². The minimum atomic E-state index is 1.14. The highest BCUT2D eigenvalue weighted by Gasteiger charge is 1.90. The van der Waals surface area contributed by atoms with Gasteiger partial charge in [-0.05, 0) is 31.6 Å². The van der Waals surface area contributed by atoms with E-state index in [0.29, 0.717) is 0 Å². The first kappa shape index (κ1) is 6.14. The third-order valence-electron chi connectivity index (χ3n) is 1.33. The zero-order valence-corrected chi connectivity index (χ0v) is 5.52. The normalized spacial score (nSPS) is 12.0. The predicted octanol–water partition coefficient (Wildman–Crippen LogP) is 2.25. The number of rotatable bonds is 1. The van der Waals surface area contributed by atoms with Crippen molar-refractivity contribution in [3.8, 4) is 0 Å². The van der Waals surface area contributed by atoms with Gasteiger partial charge in [0.2, 0.25) is 0 Å². The molecule has 0 unspecified atom stereocenters. The molecule has 0 aliphatic rings. The Balaban J connectivity index is 2.90. The lowest BCUT2D eigenvalue weighted by molar-refractivity contribution is 1.34. The van der Waals surface area contributed by atoms with Crippen molar-refractivity contribution in [2.75, 3.05) is 0 Å². The molecular weight excluding hydrogens is 110 g/mol. The molecule has 1 nitrogen and oxygen atoms in total. The summed E-state index contributed by atoms with van der Waals surface area (Å²) in [5, 5.41) is 0. The van der Waals surface area contributed by atoms with E-state index in [-0.39, 0.29) is 0 Å². The van der Waals surface area contributed by atoms with Gasteiger partial charge in [-0.3, -0.25) is 0 Å². The fraction of sp³-hybridized carbons (Fsp3) is 0.125. The summed E-state index contributed by atoms with van der Waals surface area (Å²) >= 11 is 0. The third kappa shape index (κ3) is 1.22. The predicted molar refractivity (Wildman–Crippen MR) is 39.8 cm³/mol. The smallest absolute Gasteiger partial charge is 0.0406 e. The number of hydrogen-bond acceptors (Lipinski definition) is 0. The maximum Gasteiger partial charge on any atom is 0.0406 e. The number of hydrogen-bond donors (Lipinski definition) is 1. The zero-order chi connectivity index (χ0) is 6.69. The van der Waals surface area contributed by atoms with E-state index in [2.05, 4.69) is 11.9 Å². The van der Waals surface area contributed by atoms with Crippen LogP contribution in [0, 0.1) is 6.92 Å². The molecule has 1 N–H and O–H groups in total. The number of H-pyrrole nitrogens is 1. The second-order valence-corrected chi connectivity index (χ2v) is 1.97.